The summed E-state index contributed by atoms with van der Waals surface area (Å²) in [7, 11) is 0. The largest absolute Gasteiger partial charge is 0.342 e. The molecule has 3 N–H and O–H groups in total. The van der Waals surface area contributed by atoms with E-state index in [0.717, 1.165) is 9.13 Å². The van der Waals surface area contributed by atoms with Gasteiger partial charge in [-0.25, -0.2) is 25.0 Å². The Bertz CT molecular complexity index is 1060. The van der Waals surface area contributed by atoms with Crippen molar-refractivity contribution in [1.29, 1.82) is 0 Å². The normalized spacial score (nSPS) is 11.0. The minimum absolute atomic E-state index is 0.0194. The van der Waals surface area contributed by atoms with E-state index < -0.39 is 17.3 Å². The molecule has 0 aromatic carbocycles. The van der Waals surface area contributed by atoms with Crippen LogP contribution in [0.5, 0.6) is 0 Å². The van der Waals surface area contributed by atoms with Gasteiger partial charge in [0.15, 0.2) is 17.0 Å². The number of amides is 1. The van der Waals surface area contributed by atoms with Crippen LogP contribution in [-0.4, -0.2) is 29.7 Å². The lowest BCUT2D eigenvalue weighted by atomic mass is 10.3. The predicted octanol–water partition coefficient (Wildman–Crippen LogP) is -0.307. The number of carbonyl (C=O) groups excluding carboxylic acids is 1. The summed E-state index contributed by atoms with van der Waals surface area (Å²) in [6, 6.07) is 2.45. The van der Waals surface area contributed by atoms with Crippen LogP contribution in [0, 0.1) is 6.20 Å². The third-order valence-corrected chi connectivity index (χ3v) is 3.86. The number of aryl methyl sites for hydroxylation is 1. The molecule has 0 aliphatic rings. The molecule has 0 saturated carbocycles. The molecular formula is C15H16N7O3. The van der Waals surface area contributed by atoms with Crippen molar-refractivity contribution in [3.63, 3.8) is 0 Å². The average Bonchev–Trinajstić information content (AvgIpc) is 3.03. The first-order chi connectivity index (χ1) is 12.0. The Morgan fingerprint density at radius 2 is 2.00 bits per heavy atom. The van der Waals surface area contributed by atoms with Gasteiger partial charge in [-0.2, -0.15) is 0 Å². The van der Waals surface area contributed by atoms with Crippen LogP contribution < -0.4 is 22.5 Å². The summed E-state index contributed by atoms with van der Waals surface area (Å²) in [6.45, 7) is 3.89. The number of fused-ring (bicyclic) bond motifs is 1. The number of hydrogen-bond donors (Lipinski definition) is 2. The van der Waals surface area contributed by atoms with E-state index in [4.69, 9.17) is 5.84 Å². The van der Waals surface area contributed by atoms with Crippen molar-refractivity contribution in [3.8, 4) is 11.4 Å². The second-order valence-corrected chi connectivity index (χ2v) is 5.14. The van der Waals surface area contributed by atoms with Crippen LogP contribution in [0.15, 0.2) is 27.9 Å². The topological polar surface area (TPSA) is 130 Å². The maximum atomic E-state index is 12.8. The molecule has 0 unspecified atom stereocenters. The average molecular weight is 342 g/mol. The molecule has 0 atom stereocenters. The van der Waals surface area contributed by atoms with Crippen molar-refractivity contribution in [2.24, 2.45) is 5.84 Å². The molecule has 0 spiro atoms. The number of nitrogens with zero attached hydrogens (tertiary/aromatic N) is 5. The molecule has 0 bridgehead atoms. The quantitative estimate of drug-likeness (QED) is 0.382. The van der Waals surface area contributed by atoms with Gasteiger partial charge in [0.25, 0.3) is 5.56 Å². The first kappa shape index (κ1) is 16.6. The molecule has 10 heteroatoms. The zero-order chi connectivity index (χ0) is 18.1. The highest BCUT2D eigenvalue weighted by Crippen LogP contribution is 2.21. The van der Waals surface area contributed by atoms with E-state index in [0.29, 0.717) is 5.56 Å². The molecule has 0 fully saturated rings. The van der Waals surface area contributed by atoms with Gasteiger partial charge in [-0.05, 0) is 26.0 Å². The number of pyridine rings is 1. The minimum Gasteiger partial charge on any atom is -0.276 e. The third-order valence-electron chi connectivity index (χ3n) is 3.86. The Morgan fingerprint density at radius 3 is 2.56 bits per heavy atom. The first-order valence-corrected chi connectivity index (χ1v) is 7.64. The maximum absolute atomic E-state index is 12.8. The summed E-state index contributed by atoms with van der Waals surface area (Å²) >= 11 is 0. The Labute approximate surface area is 141 Å². The predicted molar refractivity (Wildman–Crippen MR) is 89.8 cm³/mol. The molecule has 0 aliphatic carbocycles. The van der Waals surface area contributed by atoms with Crippen molar-refractivity contribution >= 4 is 17.2 Å². The number of nitrogens with two attached hydrogens (primary N) is 1. The van der Waals surface area contributed by atoms with Gasteiger partial charge in [0, 0.05) is 24.8 Å². The Balaban J connectivity index is 2.55. The highest BCUT2D eigenvalue weighted by Gasteiger charge is 2.24. The van der Waals surface area contributed by atoms with E-state index in [1.165, 1.54) is 10.8 Å². The van der Waals surface area contributed by atoms with Gasteiger partial charge >= 0.3 is 11.7 Å². The standard InChI is InChI=1S/C15H16N7O3/c1-3-20-12-10(13(23)21(4-2)15(20)25)22(14(24)19-16)11(18-12)9-6-5-7-17-8-9/h5-6,8H,3-4,16H2,1-2H3,(H,19,24). The molecule has 1 amide bonds. The molecule has 25 heavy (non-hydrogen) atoms. The molecule has 3 rings (SSSR count). The fourth-order valence-electron chi connectivity index (χ4n) is 2.71. The highest BCUT2D eigenvalue weighted by atomic mass is 16.2. The van der Waals surface area contributed by atoms with Gasteiger partial charge < -0.3 is 0 Å². The minimum atomic E-state index is -0.744. The van der Waals surface area contributed by atoms with Crippen molar-refractivity contribution in [2.45, 2.75) is 26.9 Å². The number of imidazole rings is 1. The summed E-state index contributed by atoms with van der Waals surface area (Å²) in [5.74, 6) is 5.43. The fraction of sp³-hybridized carbons (Fsp3) is 0.267. The van der Waals surface area contributed by atoms with Crippen molar-refractivity contribution in [1.82, 2.24) is 29.1 Å². The second kappa shape index (κ2) is 6.32. The fourth-order valence-corrected chi connectivity index (χ4v) is 2.71. The van der Waals surface area contributed by atoms with Crippen LogP contribution in [0.3, 0.4) is 0 Å². The number of aromatic nitrogens is 5. The van der Waals surface area contributed by atoms with Crippen LogP contribution >= 0.6 is 0 Å². The number of hydrogen-bond acceptors (Lipinski definition) is 6. The van der Waals surface area contributed by atoms with Gasteiger partial charge in [0.1, 0.15) is 0 Å². The van der Waals surface area contributed by atoms with Gasteiger partial charge in [-0.15, -0.1) is 0 Å². The zero-order valence-corrected chi connectivity index (χ0v) is 13.7. The number of hydrazine groups is 1. The molecule has 1 radical (unpaired) electrons. The summed E-state index contributed by atoms with van der Waals surface area (Å²) in [5.41, 5.74) is 1.50. The highest BCUT2D eigenvalue weighted by molar-refractivity contribution is 5.92. The Morgan fingerprint density at radius 1 is 1.28 bits per heavy atom. The van der Waals surface area contributed by atoms with Crippen molar-refractivity contribution < 1.29 is 4.79 Å². The number of carbonyl (C=O) groups is 1. The zero-order valence-electron chi connectivity index (χ0n) is 13.7. The smallest absolute Gasteiger partial charge is 0.276 e. The van der Waals surface area contributed by atoms with E-state index in [-0.39, 0.29) is 30.1 Å². The lowest BCUT2D eigenvalue weighted by Crippen LogP contribution is -2.41. The molecule has 129 valence electrons. The molecular weight excluding hydrogens is 326 g/mol. The van der Waals surface area contributed by atoms with E-state index in [1.54, 1.807) is 26.0 Å². The molecule has 3 aromatic heterocycles. The maximum Gasteiger partial charge on any atom is 0.342 e. The van der Waals surface area contributed by atoms with Gasteiger partial charge in [-0.1, -0.05) is 0 Å². The van der Waals surface area contributed by atoms with Gasteiger partial charge in [-0.3, -0.25) is 24.3 Å². The number of rotatable bonds is 3. The first-order valence-electron chi connectivity index (χ1n) is 7.64. The van der Waals surface area contributed by atoms with E-state index in [1.807, 2.05) is 5.43 Å². The number of nitrogens with one attached hydrogen (secondary N) is 1. The SMILES string of the molecule is CCn1c(=O)c2c(nc(-c3cc[c]nc3)n2C(=O)NN)n(CC)c1=O. The molecule has 10 nitrogen and oxygen atoms in total. The van der Waals surface area contributed by atoms with E-state index in [9.17, 15) is 14.4 Å². The van der Waals surface area contributed by atoms with Crippen LogP contribution in [0.2, 0.25) is 0 Å². The summed E-state index contributed by atoms with van der Waals surface area (Å²) in [6.07, 6.45) is 4.08. The molecule has 3 aromatic rings. The lowest BCUT2D eigenvalue weighted by Gasteiger charge is -2.09. The van der Waals surface area contributed by atoms with Crippen LogP contribution in [-0.2, 0) is 13.1 Å². The summed E-state index contributed by atoms with van der Waals surface area (Å²) < 4.78 is 3.45. The third kappa shape index (κ3) is 2.43. The van der Waals surface area contributed by atoms with E-state index >= 15 is 0 Å². The summed E-state index contributed by atoms with van der Waals surface area (Å²) in [4.78, 5) is 45.9. The van der Waals surface area contributed by atoms with Gasteiger partial charge in [0.05, 0.1) is 6.20 Å². The van der Waals surface area contributed by atoms with Crippen LogP contribution in [0.25, 0.3) is 22.6 Å². The van der Waals surface area contributed by atoms with Crippen molar-refractivity contribution in [2.75, 3.05) is 0 Å². The molecule has 0 saturated heterocycles. The molecule has 3 heterocycles. The van der Waals surface area contributed by atoms with Crippen LogP contribution in [0.4, 0.5) is 4.79 Å². The van der Waals surface area contributed by atoms with E-state index in [2.05, 4.69) is 16.2 Å². The number of nitrogen functional groups attached to an aromatic ring is 1. The lowest BCUT2D eigenvalue weighted by molar-refractivity contribution is 0.243. The van der Waals surface area contributed by atoms with Gasteiger partial charge in [0.2, 0.25) is 0 Å². The molecule has 0 aliphatic heterocycles. The Hall–Kier alpha value is -3.27. The second-order valence-electron chi connectivity index (χ2n) is 5.14. The summed E-state index contributed by atoms with van der Waals surface area (Å²) in [5, 5.41) is 0. The van der Waals surface area contributed by atoms with Crippen LogP contribution in [0.1, 0.15) is 13.8 Å². The monoisotopic (exact) mass is 342 g/mol. The van der Waals surface area contributed by atoms with Crippen molar-refractivity contribution in [3.05, 3.63) is 45.4 Å². The Kier molecular flexibility index (Phi) is 4.19.